The highest BCUT2D eigenvalue weighted by atomic mass is 16.3. The molecule has 112 valence electrons. The molecule has 2 aromatic heterocycles. The van der Waals surface area contributed by atoms with Crippen LogP contribution in [0, 0.1) is 5.92 Å². The molecule has 3 rings (SSSR count). The summed E-state index contributed by atoms with van der Waals surface area (Å²) in [6.45, 7) is 4.26. The number of nitrogens with one attached hydrogen (secondary N) is 2. The smallest absolute Gasteiger partial charge is 0.225 e. The minimum atomic E-state index is -0.0216. The molecule has 0 spiro atoms. The molecule has 21 heavy (non-hydrogen) atoms. The van der Waals surface area contributed by atoms with Crippen molar-refractivity contribution in [2.24, 2.45) is 5.92 Å². The number of hydrogen-bond acceptors (Lipinski definition) is 3. The molecule has 5 heteroatoms. The average Bonchev–Trinajstić information content (AvgIpc) is 2.91. The molecular weight excluding hydrogens is 266 g/mol. The van der Waals surface area contributed by atoms with Gasteiger partial charge in [-0.2, -0.15) is 5.10 Å². The van der Waals surface area contributed by atoms with Crippen LogP contribution in [-0.4, -0.2) is 16.1 Å². The zero-order valence-corrected chi connectivity index (χ0v) is 12.5. The third-order valence-corrected chi connectivity index (χ3v) is 4.12. The lowest BCUT2D eigenvalue weighted by Gasteiger charge is -2.03. The first-order valence-corrected chi connectivity index (χ1v) is 7.58. The Labute approximate surface area is 124 Å². The Morgan fingerprint density at radius 2 is 2.33 bits per heavy atom. The van der Waals surface area contributed by atoms with Crippen molar-refractivity contribution in [1.29, 1.82) is 0 Å². The summed E-state index contributed by atoms with van der Waals surface area (Å²) in [6.07, 6.45) is 4.84. The molecule has 1 amide bonds. The van der Waals surface area contributed by atoms with Crippen LogP contribution in [0.25, 0.3) is 0 Å². The molecular formula is C16H21N3O2. The lowest BCUT2D eigenvalue weighted by molar-refractivity contribution is -0.116. The summed E-state index contributed by atoms with van der Waals surface area (Å²) in [4.78, 5) is 12.0. The molecule has 1 aliphatic carbocycles. The van der Waals surface area contributed by atoms with Gasteiger partial charge in [-0.1, -0.05) is 13.8 Å². The zero-order valence-electron chi connectivity index (χ0n) is 12.5. The molecule has 0 bridgehead atoms. The minimum Gasteiger partial charge on any atom is -0.466 e. The van der Waals surface area contributed by atoms with Gasteiger partial charge in [-0.25, -0.2) is 0 Å². The van der Waals surface area contributed by atoms with Crippen molar-refractivity contribution in [2.75, 3.05) is 5.32 Å². The lowest BCUT2D eigenvalue weighted by Crippen LogP contribution is -2.13. The van der Waals surface area contributed by atoms with E-state index in [1.165, 1.54) is 6.42 Å². The molecule has 0 saturated heterocycles. The highest BCUT2D eigenvalue weighted by molar-refractivity contribution is 5.90. The monoisotopic (exact) mass is 287 g/mol. The van der Waals surface area contributed by atoms with Crippen molar-refractivity contribution >= 4 is 11.7 Å². The quantitative estimate of drug-likeness (QED) is 0.856. The largest absolute Gasteiger partial charge is 0.466 e. The van der Waals surface area contributed by atoms with Crippen LogP contribution in [0.2, 0.25) is 0 Å². The maximum absolute atomic E-state index is 12.0. The van der Waals surface area contributed by atoms with E-state index in [0.29, 0.717) is 24.6 Å². The summed E-state index contributed by atoms with van der Waals surface area (Å²) in [5, 5.41) is 9.62. The van der Waals surface area contributed by atoms with Crippen LogP contribution in [0.5, 0.6) is 0 Å². The van der Waals surface area contributed by atoms with E-state index < -0.39 is 0 Å². The second-order valence-electron chi connectivity index (χ2n) is 5.80. The molecule has 5 nitrogen and oxygen atoms in total. The number of nitrogens with zero attached hydrogens (tertiary/aromatic N) is 1. The minimum absolute atomic E-state index is 0.0216. The lowest BCUT2D eigenvalue weighted by atomic mass is 10.2. The van der Waals surface area contributed by atoms with Gasteiger partial charge in [0, 0.05) is 24.3 Å². The number of aromatic amines is 1. The Morgan fingerprint density at radius 1 is 1.52 bits per heavy atom. The van der Waals surface area contributed by atoms with E-state index in [0.717, 1.165) is 29.4 Å². The molecule has 0 aromatic carbocycles. The first kappa shape index (κ1) is 13.9. The average molecular weight is 287 g/mol. The molecule has 1 fully saturated rings. The van der Waals surface area contributed by atoms with Crippen LogP contribution in [-0.2, 0) is 17.6 Å². The molecule has 1 saturated carbocycles. The first-order valence-electron chi connectivity index (χ1n) is 7.58. The van der Waals surface area contributed by atoms with Gasteiger partial charge in [0.05, 0.1) is 6.20 Å². The van der Waals surface area contributed by atoms with E-state index >= 15 is 0 Å². The van der Waals surface area contributed by atoms with Gasteiger partial charge in [0.2, 0.25) is 5.91 Å². The Balaban J connectivity index is 1.50. The molecule has 0 aliphatic heterocycles. The highest BCUT2D eigenvalue weighted by Gasteiger charge is 2.36. The Hall–Kier alpha value is -2.04. The van der Waals surface area contributed by atoms with Gasteiger partial charge in [-0.15, -0.1) is 0 Å². The molecule has 2 heterocycles. The van der Waals surface area contributed by atoms with E-state index in [2.05, 4.69) is 22.4 Å². The standard InChI is InChI=1S/C16H21N3O2/c1-3-11-9-17-19-16(11)18-15(20)7-5-12-4-6-14(21-12)13-8-10(13)2/h4,6,9-10,13H,3,5,7-8H2,1-2H3,(H2,17,18,19,20). The van der Waals surface area contributed by atoms with Gasteiger partial charge in [-0.3, -0.25) is 9.89 Å². The number of carbonyl (C=O) groups excluding carboxylic acids is 1. The maximum Gasteiger partial charge on any atom is 0.225 e. The number of carbonyl (C=O) groups is 1. The molecule has 1 aliphatic rings. The van der Waals surface area contributed by atoms with Crippen LogP contribution in [0.3, 0.4) is 0 Å². The number of furan rings is 1. The third kappa shape index (κ3) is 3.17. The van der Waals surface area contributed by atoms with Crippen molar-refractivity contribution in [1.82, 2.24) is 10.2 Å². The third-order valence-electron chi connectivity index (χ3n) is 4.12. The summed E-state index contributed by atoms with van der Waals surface area (Å²) in [6, 6.07) is 4.03. The molecule has 0 radical (unpaired) electrons. The summed E-state index contributed by atoms with van der Waals surface area (Å²) < 4.78 is 5.81. The maximum atomic E-state index is 12.0. The number of amides is 1. The van der Waals surface area contributed by atoms with Gasteiger partial charge in [0.25, 0.3) is 0 Å². The van der Waals surface area contributed by atoms with Gasteiger partial charge in [0.1, 0.15) is 17.3 Å². The molecule has 2 unspecified atom stereocenters. The number of rotatable bonds is 6. The van der Waals surface area contributed by atoms with Gasteiger partial charge < -0.3 is 9.73 Å². The summed E-state index contributed by atoms with van der Waals surface area (Å²) in [5.41, 5.74) is 1.02. The molecule has 2 atom stereocenters. The Bertz CT molecular complexity index is 629. The fourth-order valence-electron chi connectivity index (χ4n) is 2.57. The van der Waals surface area contributed by atoms with Gasteiger partial charge in [0.15, 0.2) is 0 Å². The molecule has 2 N–H and O–H groups in total. The number of H-pyrrole nitrogens is 1. The number of anilines is 1. The number of aryl methyl sites for hydroxylation is 2. The van der Waals surface area contributed by atoms with Crippen molar-refractivity contribution in [3.8, 4) is 0 Å². The summed E-state index contributed by atoms with van der Waals surface area (Å²) in [5.74, 6) is 3.96. The van der Waals surface area contributed by atoms with E-state index in [1.807, 2.05) is 19.1 Å². The van der Waals surface area contributed by atoms with Crippen LogP contribution in [0.15, 0.2) is 22.7 Å². The van der Waals surface area contributed by atoms with Crippen LogP contribution in [0.4, 0.5) is 5.82 Å². The predicted molar refractivity (Wildman–Crippen MR) is 80.1 cm³/mol. The SMILES string of the molecule is CCc1cn[nH]c1NC(=O)CCc1ccc(C2CC2C)o1. The van der Waals surface area contributed by atoms with E-state index in [1.54, 1.807) is 6.20 Å². The first-order chi connectivity index (χ1) is 10.2. The van der Waals surface area contributed by atoms with Crippen molar-refractivity contribution in [3.63, 3.8) is 0 Å². The Kier molecular flexibility index (Phi) is 3.82. The zero-order chi connectivity index (χ0) is 14.8. The van der Waals surface area contributed by atoms with E-state index in [-0.39, 0.29) is 5.91 Å². The summed E-state index contributed by atoms with van der Waals surface area (Å²) in [7, 11) is 0. The highest BCUT2D eigenvalue weighted by Crippen LogP contribution is 2.47. The normalized spacial score (nSPS) is 20.5. The van der Waals surface area contributed by atoms with Gasteiger partial charge >= 0.3 is 0 Å². The predicted octanol–water partition coefficient (Wildman–Crippen LogP) is 3.26. The van der Waals surface area contributed by atoms with Gasteiger partial charge in [-0.05, 0) is 30.9 Å². The molecule has 2 aromatic rings. The second-order valence-corrected chi connectivity index (χ2v) is 5.80. The number of aromatic nitrogens is 2. The fourth-order valence-corrected chi connectivity index (χ4v) is 2.57. The summed E-state index contributed by atoms with van der Waals surface area (Å²) >= 11 is 0. The second kappa shape index (κ2) is 5.76. The topological polar surface area (TPSA) is 70.9 Å². The van der Waals surface area contributed by atoms with Crippen LogP contribution >= 0.6 is 0 Å². The van der Waals surface area contributed by atoms with Crippen LogP contribution < -0.4 is 5.32 Å². The van der Waals surface area contributed by atoms with Crippen molar-refractivity contribution in [2.45, 2.75) is 45.4 Å². The van der Waals surface area contributed by atoms with E-state index in [4.69, 9.17) is 4.42 Å². The number of hydrogen-bond donors (Lipinski definition) is 2. The fraction of sp³-hybridized carbons (Fsp3) is 0.500. The Morgan fingerprint density at radius 3 is 3.05 bits per heavy atom. The van der Waals surface area contributed by atoms with E-state index in [9.17, 15) is 4.79 Å². The van der Waals surface area contributed by atoms with Crippen molar-refractivity contribution in [3.05, 3.63) is 35.4 Å². The van der Waals surface area contributed by atoms with Crippen LogP contribution in [0.1, 0.15) is 49.7 Å². The van der Waals surface area contributed by atoms with Crippen molar-refractivity contribution < 1.29 is 9.21 Å².